The molecule has 0 aliphatic rings. The smallest absolute Gasteiger partial charge is 0.164 e. The summed E-state index contributed by atoms with van der Waals surface area (Å²) in [6, 6.07) is 45.3. The minimum atomic E-state index is -0.960. The van der Waals surface area contributed by atoms with E-state index in [2.05, 4.69) is 122 Å². The van der Waals surface area contributed by atoms with Crippen molar-refractivity contribution < 1.29 is 29.9 Å². The van der Waals surface area contributed by atoms with Crippen molar-refractivity contribution in [3.63, 3.8) is 0 Å². The molecule has 6 aromatic rings. The molecule has 6 aromatic carbocycles. The Balaban J connectivity index is 1.33. The highest BCUT2D eigenvalue weighted by atomic mass is 16.5. The molecule has 0 radical (unpaired) electrons. The highest BCUT2D eigenvalue weighted by Crippen LogP contribution is 2.41. The number of ether oxygens (including phenoxy) is 2. The van der Waals surface area contributed by atoms with Crippen molar-refractivity contribution in [3.05, 3.63) is 168 Å². The molecule has 0 amide bonds. The van der Waals surface area contributed by atoms with Crippen LogP contribution in [0.4, 0.5) is 34.1 Å². The summed E-state index contributed by atoms with van der Waals surface area (Å²) in [7, 11) is 0. The molecule has 6 rings (SSSR count). The Hall–Kier alpha value is -6.22. The highest BCUT2D eigenvalue weighted by molar-refractivity contribution is 5.83. The van der Waals surface area contributed by atoms with Crippen LogP contribution in [0.1, 0.15) is 22.3 Å². The van der Waals surface area contributed by atoms with E-state index >= 15 is 0 Å². The molecule has 0 heterocycles. The second-order valence-corrected chi connectivity index (χ2v) is 13.4. The molecule has 1 unspecified atom stereocenters. The second kappa shape index (κ2) is 17.1. The predicted octanol–water partition coefficient (Wildman–Crippen LogP) is 10.6. The minimum Gasteiger partial charge on any atom is -0.512 e. The van der Waals surface area contributed by atoms with E-state index in [1.807, 2.05) is 48.5 Å². The molecule has 0 aliphatic heterocycles. The molecule has 276 valence electrons. The lowest BCUT2D eigenvalue weighted by atomic mass is 9.95. The van der Waals surface area contributed by atoms with Gasteiger partial charge in [-0.05, 0) is 147 Å². The maximum atomic E-state index is 9.74. The van der Waals surface area contributed by atoms with Gasteiger partial charge in [0.05, 0.1) is 6.61 Å². The zero-order valence-corrected chi connectivity index (χ0v) is 31.0. The van der Waals surface area contributed by atoms with Crippen molar-refractivity contribution in [2.45, 2.75) is 33.8 Å². The molecular weight excluding hydrogens is 677 g/mol. The Morgan fingerprint density at radius 1 is 0.556 bits per heavy atom. The molecular formula is C46H46N2O6. The Morgan fingerprint density at radius 3 is 1.30 bits per heavy atom. The monoisotopic (exact) mass is 722 g/mol. The van der Waals surface area contributed by atoms with Gasteiger partial charge in [0.15, 0.2) is 5.76 Å². The van der Waals surface area contributed by atoms with Crippen molar-refractivity contribution in [2.24, 2.45) is 0 Å². The van der Waals surface area contributed by atoms with Crippen molar-refractivity contribution >= 4 is 34.1 Å². The van der Waals surface area contributed by atoms with Gasteiger partial charge in [-0.1, -0.05) is 47.5 Å². The topological polar surface area (TPSA) is 106 Å². The Bertz CT molecular complexity index is 2140. The summed E-state index contributed by atoms with van der Waals surface area (Å²) < 4.78 is 11.3. The lowest BCUT2D eigenvalue weighted by molar-refractivity contribution is 0.0536. The van der Waals surface area contributed by atoms with Crippen molar-refractivity contribution in [3.8, 4) is 22.6 Å². The third-order valence-corrected chi connectivity index (χ3v) is 9.19. The van der Waals surface area contributed by atoms with Crippen LogP contribution in [-0.2, 0) is 0 Å². The summed E-state index contributed by atoms with van der Waals surface area (Å²) in [5.41, 5.74) is 12.9. The maximum absolute atomic E-state index is 9.74. The molecule has 4 N–H and O–H groups in total. The largest absolute Gasteiger partial charge is 0.512 e. The van der Waals surface area contributed by atoms with Gasteiger partial charge >= 0.3 is 0 Å². The zero-order chi connectivity index (χ0) is 38.2. The SMILES string of the molecule is Cc1ccc(N(c2ccc(C)cc2)c2ccc(-c3ccc(N(c4ccc(OC/C(O)=C\O)cc4)c4ccc(OCC(O)CO)cc4)cc3C)c(C)c2)cc1. The predicted molar refractivity (Wildman–Crippen MR) is 218 cm³/mol. The van der Waals surface area contributed by atoms with Gasteiger partial charge in [0.25, 0.3) is 0 Å². The maximum Gasteiger partial charge on any atom is 0.164 e. The van der Waals surface area contributed by atoms with E-state index < -0.39 is 6.10 Å². The summed E-state index contributed by atoms with van der Waals surface area (Å²) in [5, 5.41) is 37.5. The third kappa shape index (κ3) is 8.86. The van der Waals surface area contributed by atoms with Gasteiger partial charge in [0.1, 0.15) is 37.1 Å². The molecule has 0 aromatic heterocycles. The number of benzene rings is 6. The van der Waals surface area contributed by atoms with Gasteiger partial charge in [-0.2, -0.15) is 0 Å². The lowest BCUT2D eigenvalue weighted by Crippen LogP contribution is -2.21. The van der Waals surface area contributed by atoms with Crippen LogP contribution in [0.3, 0.4) is 0 Å². The fourth-order valence-corrected chi connectivity index (χ4v) is 6.28. The van der Waals surface area contributed by atoms with Crippen LogP contribution >= 0.6 is 0 Å². The second-order valence-electron chi connectivity index (χ2n) is 13.4. The summed E-state index contributed by atoms with van der Waals surface area (Å²) in [4.78, 5) is 4.41. The number of aryl methyl sites for hydroxylation is 4. The van der Waals surface area contributed by atoms with E-state index in [4.69, 9.17) is 19.7 Å². The first-order valence-electron chi connectivity index (χ1n) is 17.9. The van der Waals surface area contributed by atoms with Crippen LogP contribution in [0.5, 0.6) is 11.5 Å². The summed E-state index contributed by atoms with van der Waals surface area (Å²) in [6.45, 7) is 7.94. The summed E-state index contributed by atoms with van der Waals surface area (Å²) >= 11 is 0. The molecule has 1 atom stereocenters. The minimum absolute atomic E-state index is 0.0148. The van der Waals surface area contributed by atoms with Crippen LogP contribution in [0.25, 0.3) is 11.1 Å². The number of anilines is 6. The van der Waals surface area contributed by atoms with Gasteiger partial charge in [-0.25, -0.2) is 0 Å². The van der Waals surface area contributed by atoms with Gasteiger partial charge in [-0.3, -0.25) is 0 Å². The summed E-state index contributed by atoms with van der Waals surface area (Å²) in [6.07, 6.45) is -0.347. The van der Waals surface area contributed by atoms with E-state index in [-0.39, 0.29) is 25.6 Å². The van der Waals surface area contributed by atoms with Gasteiger partial charge in [0, 0.05) is 34.1 Å². The average molecular weight is 723 g/mol. The van der Waals surface area contributed by atoms with Gasteiger partial charge < -0.3 is 39.7 Å². The average Bonchev–Trinajstić information content (AvgIpc) is 3.19. The molecule has 8 nitrogen and oxygen atoms in total. The van der Waals surface area contributed by atoms with E-state index in [9.17, 15) is 10.2 Å². The first kappa shape index (κ1) is 37.5. The van der Waals surface area contributed by atoms with E-state index in [0.717, 1.165) is 56.4 Å². The molecule has 0 saturated carbocycles. The molecule has 54 heavy (non-hydrogen) atoms. The summed E-state index contributed by atoms with van der Waals surface area (Å²) in [5.74, 6) is 0.831. The Morgan fingerprint density at radius 2 is 0.926 bits per heavy atom. The lowest BCUT2D eigenvalue weighted by Gasteiger charge is -2.27. The third-order valence-electron chi connectivity index (χ3n) is 9.19. The number of aliphatic hydroxyl groups is 4. The molecule has 0 fully saturated rings. The van der Waals surface area contributed by atoms with E-state index in [1.54, 1.807) is 0 Å². The van der Waals surface area contributed by atoms with E-state index in [0.29, 0.717) is 17.8 Å². The fourth-order valence-electron chi connectivity index (χ4n) is 6.28. The number of nitrogens with zero attached hydrogens (tertiary/aromatic N) is 2. The highest BCUT2D eigenvalue weighted by Gasteiger charge is 2.18. The molecule has 0 aliphatic carbocycles. The quantitative estimate of drug-likeness (QED) is 0.0824. The van der Waals surface area contributed by atoms with Crippen LogP contribution in [0.2, 0.25) is 0 Å². The number of aliphatic hydroxyl groups excluding tert-OH is 4. The van der Waals surface area contributed by atoms with Crippen LogP contribution < -0.4 is 19.3 Å². The Labute approximate surface area is 317 Å². The van der Waals surface area contributed by atoms with Crippen LogP contribution in [0, 0.1) is 27.7 Å². The van der Waals surface area contributed by atoms with E-state index in [1.165, 1.54) is 11.1 Å². The first-order chi connectivity index (χ1) is 26.1. The van der Waals surface area contributed by atoms with Crippen molar-refractivity contribution in [2.75, 3.05) is 29.6 Å². The molecule has 8 heteroatoms. The number of rotatable bonds is 14. The molecule has 0 saturated heterocycles. The normalized spacial score (nSPS) is 11.9. The number of hydrogen-bond acceptors (Lipinski definition) is 8. The standard InChI is InChI=1S/C46H46N2O6/c1-31-5-9-35(10-6-31)47(36-11-7-32(2)8-12-36)39-17-23-45(33(3)25-39)46-24-18-40(26-34(46)4)48(37-13-19-43(20-14-37)53-29-41(51)27-49)38-15-21-44(22-16-38)54-30-42(52)28-50/h5-27,42,49-52H,28-30H2,1-4H3/b41-27+. The fraction of sp³-hybridized carbons (Fsp3) is 0.174. The van der Waals surface area contributed by atoms with Crippen molar-refractivity contribution in [1.29, 1.82) is 0 Å². The zero-order valence-electron chi connectivity index (χ0n) is 31.0. The Kier molecular flexibility index (Phi) is 11.9. The molecule has 0 spiro atoms. The van der Waals surface area contributed by atoms with Crippen LogP contribution in [0.15, 0.2) is 145 Å². The van der Waals surface area contributed by atoms with Gasteiger partial charge in [0.2, 0.25) is 0 Å². The van der Waals surface area contributed by atoms with Crippen LogP contribution in [-0.4, -0.2) is 46.4 Å². The first-order valence-corrected chi connectivity index (χ1v) is 17.9. The molecule has 0 bridgehead atoms. The van der Waals surface area contributed by atoms with Gasteiger partial charge in [-0.15, -0.1) is 0 Å². The number of hydrogen-bond donors (Lipinski definition) is 4. The van der Waals surface area contributed by atoms with Crippen molar-refractivity contribution in [1.82, 2.24) is 0 Å².